The predicted molar refractivity (Wildman–Crippen MR) is 56.6 cm³/mol. The number of hydrogen-bond acceptors (Lipinski definition) is 4. The Kier molecular flexibility index (Phi) is 3.41. The van der Waals surface area contributed by atoms with Crippen molar-refractivity contribution < 1.29 is 4.92 Å². The van der Waals surface area contributed by atoms with Gasteiger partial charge in [-0.25, -0.2) is 0 Å². The summed E-state index contributed by atoms with van der Waals surface area (Å²) in [6.45, 7) is 7.66. The molecule has 84 valence electrons. The molecule has 0 aromatic carbocycles. The first kappa shape index (κ1) is 11.6. The molecule has 1 aromatic rings. The Labute approximate surface area is 88.5 Å². The van der Waals surface area contributed by atoms with E-state index < -0.39 is 4.92 Å². The normalized spacial score (nSPS) is 11.7. The summed E-state index contributed by atoms with van der Waals surface area (Å²) >= 11 is 0. The maximum atomic E-state index is 10.4. The third-order valence-corrected chi connectivity index (χ3v) is 1.83. The van der Waals surface area contributed by atoms with Gasteiger partial charge in [0, 0.05) is 18.6 Å². The van der Waals surface area contributed by atoms with Crippen LogP contribution in [0.1, 0.15) is 20.8 Å². The fourth-order valence-corrected chi connectivity index (χ4v) is 1.12. The summed E-state index contributed by atoms with van der Waals surface area (Å²) in [6.07, 6.45) is 2.91. The van der Waals surface area contributed by atoms with E-state index in [-0.39, 0.29) is 11.4 Å². The van der Waals surface area contributed by atoms with Crippen molar-refractivity contribution in [2.45, 2.75) is 32.9 Å². The molecule has 1 N–H and O–H groups in total. The van der Waals surface area contributed by atoms with Gasteiger partial charge in [0.1, 0.15) is 6.20 Å². The minimum absolute atomic E-state index is 0.0620. The summed E-state index contributed by atoms with van der Waals surface area (Å²) in [5, 5.41) is 13.7. The summed E-state index contributed by atoms with van der Waals surface area (Å²) in [6, 6.07) is 0. The molecule has 0 unspecified atom stereocenters. The van der Waals surface area contributed by atoms with Gasteiger partial charge < -0.3 is 20.0 Å². The molecule has 0 fully saturated rings. The van der Waals surface area contributed by atoms with Crippen LogP contribution in [0.25, 0.3) is 0 Å². The lowest BCUT2D eigenvalue weighted by atomic mass is 10.1. The zero-order chi connectivity index (χ0) is 11.5. The Morgan fingerprint density at radius 1 is 1.60 bits per heavy atom. The highest BCUT2D eigenvalue weighted by atomic mass is 16.6. The second kappa shape index (κ2) is 4.39. The Morgan fingerprint density at radius 2 is 2.27 bits per heavy atom. The zero-order valence-electron chi connectivity index (χ0n) is 9.23. The van der Waals surface area contributed by atoms with Gasteiger partial charge in [-0.2, -0.15) is 0 Å². The Bertz CT molecular complexity index is 340. The van der Waals surface area contributed by atoms with E-state index >= 15 is 0 Å². The number of rotatable bonds is 4. The van der Waals surface area contributed by atoms with Gasteiger partial charge in [0.2, 0.25) is 6.33 Å². The minimum atomic E-state index is -0.492. The molecule has 0 bridgehead atoms. The van der Waals surface area contributed by atoms with Gasteiger partial charge in [-0.15, -0.1) is 0 Å². The van der Waals surface area contributed by atoms with Crippen molar-refractivity contribution in [3.63, 3.8) is 0 Å². The zero-order valence-corrected chi connectivity index (χ0v) is 9.23. The highest BCUT2D eigenvalue weighted by molar-refractivity contribution is 5.12. The first-order valence-electron chi connectivity index (χ1n) is 4.80. The molecule has 15 heavy (non-hydrogen) atoms. The Hall–Kier alpha value is -1.43. The van der Waals surface area contributed by atoms with E-state index in [4.69, 9.17) is 0 Å². The molecule has 1 heterocycles. The van der Waals surface area contributed by atoms with Gasteiger partial charge in [-0.3, -0.25) is 0 Å². The van der Waals surface area contributed by atoms with Crippen molar-refractivity contribution in [2.24, 2.45) is 0 Å². The molecule has 6 heteroatoms. The molecular formula is C9H16N4O2. The number of nitro groups is 1. The lowest BCUT2D eigenvalue weighted by Crippen LogP contribution is -2.37. The highest BCUT2D eigenvalue weighted by Gasteiger charge is 2.11. The van der Waals surface area contributed by atoms with Crippen molar-refractivity contribution in [1.82, 2.24) is 14.9 Å². The molecule has 1 aromatic heterocycles. The lowest BCUT2D eigenvalue weighted by Gasteiger charge is -2.20. The molecule has 0 radical (unpaired) electrons. The molecule has 0 amide bonds. The van der Waals surface area contributed by atoms with E-state index in [1.807, 2.05) is 0 Å². The number of nitrogens with one attached hydrogen (secondary N) is 1. The Morgan fingerprint density at radius 3 is 2.73 bits per heavy atom. The lowest BCUT2D eigenvalue weighted by molar-refractivity contribution is -0.389. The van der Waals surface area contributed by atoms with Gasteiger partial charge in [0.05, 0.1) is 0 Å². The number of aromatic nitrogens is 2. The van der Waals surface area contributed by atoms with Crippen molar-refractivity contribution in [1.29, 1.82) is 0 Å². The second-order valence-corrected chi connectivity index (χ2v) is 4.40. The minimum Gasteiger partial charge on any atom is -0.358 e. The van der Waals surface area contributed by atoms with Crippen LogP contribution in [-0.4, -0.2) is 26.6 Å². The predicted octanol–water partition coefficient (Wildman–Crippen LogP) is 1.18. The van der Waals surface area contributed by atoms with Crippen LogP contribution in [0.4, 0.5) is 5.82 Å². The third-order valence-electron chi connectivity index (χ3n) is 1.83. The second-order valence-electron chi connectivity index (χ2n) is 4.40. The van der Waals surface area contributed by atoms with Crippen LogP contribution in [0.5, 0.6) is 0 Å². The van der Waals surface area contributed by atoms with Gasteiger partial charge in [0.25, 0.3) is 0 Å². The summed E-state index contributed by atoms with van der Waals surface area (Å²) in [5.41, 5.74) is 0.0620. The van der Waals surface area contributed by atoms with Gasteiger partial charge >= 0.3 is 5.82 Å². The maximum Gasteiger partial charge on any atom is 0.381 e. The quantitative estimate of drug-likeness (QED) is 0.600. The van der Waals surface area contributed by atoms with Crippen molar-refractivity contribution >= 4 is 5.82 Å². The van der Waals surface area contributed by atoms with E-state index in [1.54, 1.807) is 4.57 Å². The van der Waals surface area contributed by atoms with E-state index in [0.717, 1.165) is 6.54 Å². The molecule has 0 atom stereocenters. The average Bonchev–Trinajstić information content (AvgIpc) is 2.50. The molecule has 1 rings (SSSR count). The van der Waals surface area contributed by atoms with E-state index in [1.165, 1.54) is 12.5 Å². The van der Waals surface area contributed by atoms with Crippen LogP contribution in [-0.2, 0) is 6.54 Å². The fraction of sp³-hybridized carbons (Fsp3) is 0.667. The van der Waals surface area contributed by atoms with Crippen LogP contribution >= 0.6 is 0 Å². The molecule has 0 saturated carbocycles. The molecular weight excluding hydrogens is 196 g/mol. The Balaban J connectivity index is 2.41. The largest absolute Gasteiger partial charge is 0.381 e. The van der Waals surface area contributed by atoms with E-state index in [0.29, 0.717) is 6.54 Å². The SMILES string of the molecule is CC(C)(C)NCCn1cnc([N+](=O)[O-])c1. The van der Waals surface area contributed by atoms with Crippen molar-refractivity contribution in [2.75, 3.05) is 6.54 Å². The first-order chi connectivity index (χ1) is 6.88. The first-order valence-corrected chi connectivity index (χ1v) is 4.80. The van der Waals surface area contributed by atoms with E-state index in [9.17, 15) is 10.1 Å². The smallest absolute Gasteiger partial charge is 0.358 e. The van der Waals surface area contributed by atoms with Crippen molar-refractivity contribution in [3.05, 3.63) is 22.6 Å². The van der Waals surface area contributed by atoms with E-state index in [2.05, 4.69) is 31.1 Å². The van der Waals surface area contributed by atoms with Gasteiger partial charge in [0.15, 0.2) is 0 Å². The molecule has 0 aliphatic carbocycles. The van der Waals surface area contributed by atoms with Gasteiger partial charge in [-0.05, 0) is 30.7 Å². The number of hydrogen-bond donors (Lipinski definition) is 1. The van der Waals surface area contributed by atoms with Crippen LogP contribution in [0.2, 0.25) is 0 Å². The van der Waals surface area contributed by atoms with Crippen LogP contribution in [0.15, 0.2) is 12.5 Å². The van der Waals surface area contributed by atoms with Crippen LogP contribution in [0, 0.1) is 10.1 Å². The topological polar surface area (TPSA) is 73.0 Å². The highest BCUT2D eigenvalue weighted by Crippen LogP contribution is 2.05. The summed E-state index contributed by atoms with van der Waals surface area (Å²) < 4.78 is 1.71. The summed E-state index contributed by atoms with van der Waals surface area (Å²) in [7, 11) is 0. The molecule has 0 aliphatic rings. The fourth-order valence-electron chi connectivity index (χ4n) is 1.12. The summed E-state index contributed by atoms with van der Waals surface area (Å²) in [5.74, 6) is -0.106. The molecule has 0 aliphatic heterocycles. The van der Waals surface area contributed by atoms with Crippen molar-refractivity contribution in [3.8, 4) is 0 Å². The average molecular weight is 212 g/mol. The molecule has 0 saturated heterocycles. The summed E-state index contributed by atoms with van der Waals surface area (Å²) in [4.78, 5) is 13.5. The van der Waals surface area contributed by atoms with Crippen LogP contribution < -0.4 is 5.32 Å². The van der Waals surface area contributed by atoms with Crippen LogP contribution in [0.3, 0.4) is 0 Å². The molecule has 6 nitrogen and oxygen atoms in total. The number of nitrogens with zero attached hydrogens (tertiary/aromatic N) is 3. The standard InChI is InChI=1S/C9H16N4O2/c1-9(2,3)11-4-5-12-6-8(10-7-12)13(14)15/h6-7,11H,4-5H2,1-3H3. The van der Waals surface area contributed by atoms with Gasteiger partial charge in [-0.1, -0.05) is 0 Å². The third kappa shape index (κ3) is 4.07. The maximum absolute atomic E-state index is 10.4. The monoisotopic (exact) mass is 212 g/mol. The molecule has 0 spiro atoms. The number of imidazole rings is 1.